The van der Waals surface area contributed by atoms with Gasteiger partial charge in [-0.05, 0) is 36.8 Å². The van der Waals surface area contributed by atoms with Gasteiger partial charge in [-0.15, -0.1) is 0 Å². The topological polar surface area (TPSA) is 0 Å². The van der Waals surface area contributed by atoms with E-state index in [1.54, 1.807) is 0 Å². The zero-order valence-electron chi connectivity index (χ0n) is 9.07. The van der Waals surface area contributed by atoms with Gasteiger partial charge in [0.05, 0.1) is 0 Å². The summed E-state index contributed by atoms with van der Waals surface area (Å²) in [4.78, 5) is 0.986. The molecular weight excluding hydrogens is 200 g/mol. The quantitative estimate of drug-likeness (QED) is 0.414. The van der Waals surface area contributed by atoms with E-state index in [2.05, 4.69) is 25.1 Å². The van der Waals surface area contributed by atoms with Crippen molar-refractivity contribution in [1.82, 2.24) is 0 Å². The highest BCUT2D eigenvalue weighted by Gasteiger charge is 2.24. The van der Waals surface area contributed by atoms with E-state index in [1.807, 2.05) is 18.2 Å². The number of hydrogen-bond donors (Lipinski definition) is 0. The number of hydrogen-bond acceptors (Lipinski definition) is 1. The summed E-state index contributed by atoms with van der Waals surface area (Å²) in [7, 11) is 0. The van der Waals surface area contributed by atoms with Crippen LogP contribution in [0.1, 0.15) is 31.7 Å². The average Bonchev–Trinajstić information content (AvgIpc) is 3.10. The van der Waals surface area contributed by atoms with Crippen LogP contribution in [0.2, 0.25) is 0 Å². The Kier molecular flexibility index (Phi) is 3.32. The third-order valence-corrected chi connectivity index (χ3v) is 3.24. The van der Waals surface area contributed by atoms with E-state index >= 15 is 0 Å². The Morgan fingerprint density at radius 2 is 2.00 bits per heavy atom. The molecule has 0 bridgehead atoms. The van der Waals surface area contributed by atoms with Gasteiger partial charge in [0.1, 0.15) is 0 Å². The first-order valence-corrected chi connectivity index (χ1v) is 6.02. The Morgan fingerprint density at radius 1 is 1.33 bits per heavy atom. The minimum absolute atomic E-state index is 0.830. The van der Waals surface area contributed by atoms with Crippen LogP contribution in [0.4, 0.5) is 0 Å². The fourth-order valence-electron chi connectivity index (χ4n) is 1.82. The normalized spacial score (nSPS) is 16.5. The van der Waals surface area contributed by atoms with Crippen molar-refractivity contribution in [2.24, 2.45) is 5.92 Å². The van der Waals surface area contributed by atoms with Crippen molar-refractivity contribution in [3.63, 3.8) is 0 Å². The molecule has 1 fully saturated rings. The molecule has 0 amide bonds. The van der Waals surface area contributed by atoms with Crippen molar-refractivity contribution in [2.45, 2.75) is 26.2 Å². The summed E-state index contributed by atoms with van der Waals surface area (Å²) in [6.07, 6.45) is 6.06. The van der Waals surface area contributed by atoms with Gasteiger partial charge in [-0.1, -0.05) is 55.0 Å². The van der Waals surface area contributed by atoms with Crippen molar-refractivity contribution in [1.29, 1.82) is 0 Å². The van der Waals surface area contributed by atoms with Crippen molar-refractivity contribution in [2.75, 3.05) is 0 Å². The predicted molar refractivity (Wildman–Crippen MR) is 69.2 cm³/mol. The van der Waals surface area contributed by atoms with Crippen LogP contribution >= 0.6 is 12.2 Å². The Bertz CT molecular complexity index is 372. The van der Waals surface area contributed by atoms with Gasteiger partial charge in [0.15, 0.2) is 0 Å². The molecule has 0 aliphatic heterocycles. The maximum Gasteiger partial charge on any atom is 0.0449 e. The maximum absolute atomic E-state index is 5.43. The van der Waals surface area contributed by atoms with Gasteiger partial charge < -0.3 is 0 Å². The zero-order chi connectivity index (χ0) is 10.7. The first-order valence-electron chi connectivity index (χ1n) is 5.61. The van der Waals surface area contributed by atoms with E-state index in [4.69, 9.17) is 12.2 Å². The smallest absolute Gasteiger partial charge is 0.0449 e. The summed E-state index contributed by atoms with van der Waals surface area (Å²) in [6, 6.07) is 10.3. The van der Waals surface area contributed by atoms with E-state index in [-0.39, 0.29) is 0 Å². The Hall–Kier alpha value is -0.950. The summed E-state index contributed by atoms with van der Waals surface area (Å²) in [5.41, 5.74) is 2.70. The molecule has 0 N–H and O–H groups in total. The zero-order valence-corrected chi connectivity index (χ0v) is 9.89. The second-order valence-corrected chi connectivity index (χ2v) is 4.52. The predicted octanol–water partition coefficient (Wildman–Crippen LogP) is 4.15. The number of thiocarbonyl (C=S) groups is 1. The highest BCUT2D eigenvalue weighted by molar-refractivity contribution is 7.81. The minimum atomic E-state index is 0.830. The Morgan fingerprint density at radius 3 is 2.53 bits per heavy atom. The molecule has 1 aliphatic rings. The second-order valence-electron chi connectivity index (χ2n) is 4.08. The number of benzene rings is 1. The molecule has 0 spiro atoms. The molecule has 0 radical (unpaired) electrons. The minimum Gasteiger partial charge on any atom is -0.0795 e. The van der Waals surface area contributed by atoms with Crippen molar-refractivity contribution < 1.29 is 0 Å². The largest absolute Gasteiger partial charge is 0.0795 e. The van der Waals surface area contributed by atoms with Crippen LogP contribution in [-0.4, -0.2) is 4.86 Å². The van der Waals surface area contributed by atoms with Gasteiger partial charge in [0.25, 0.3) is 0 Å². The van der Waals surface area contributed by atoms with Crippen LogP contribution in [0.25, 0.3) is 0 Å². The lowest BCUT2D eigenvalue weighted by Gasteiger charge is -2.03. The molecule has 0 saturated heterocycles. The molecule has 2 rings (SSSR count). The van der Waals surface area contributed by atoms with Crippen molar-refractivity contribution in [3.05, 3.63) is 47.5 Å². The standard InChI is InChI=1S/C14H16S/c1-2-11(12-8-9-12)10-14(15)13-6-4-3-5-7-13/h3-7,10,12H,2,8-9H2,1H3/b11-10-. The van der Waals surface area contributed by atoms with Crippen molar-refractivity contribution >= 4 is 17.1 Å². The molecule has 1 aromatic rings. The summed E-state index contributed by atoms with van der Waals surface area (Å²) in [6.45, 7) is 2.22. The molecular formula is C14H16S. The van der Waals surface area contributed by atoms with Gasteiger partial charge in [-0.2, -0.15) is 0 Å². The monoisotopic (exact) mass is 216 g/mol. The second kappa shape index (κ2) is 4.71. The molecule has 78 valence electrons. The highest BCUT2D eigenvalue weighted by Crippen LogP contribution is 2.38. The molecule has 0 nitrogen and oxygen atoms in total. The molecule has 0 atom stereocenters. The molecule has 0 unspecified atom stereocenters. The highest BCUT2D eigenvalue weighted by atomic mass is 32.1. The van der Waals surface area contributed by atoms with Gasteiger partial charge >= 0.3 is 0 Å². The Labute approximate surface area is 97.0 Å². The van der Waals surface area contributed by atoms with E-state index in [9.17, 15) is 0 Å². The van der Waals surface area contributed by atoms with Gasteiger partial charge in [0.2, 0.25) is 0 Å². The summed E-state index contributed by atoms with van der Waals surface area (Å²) in [5.74, 6) is 0.830. The van der Waals surface area contributed by atoms with Crippen molar-refractivity contribution in [3.8, 4) is 0 Å². The van der Waals surface area contributed by atoms with Crippen LogP contribution < -0.4 is 0 Å². The van der Waals surface area contributed by atoms with E-state index < -0.39 is 0 Å². The Balaban J connectivity index is 2.14. The maximum atomic E-state index is 5.43. The molecule has 0 aromatic heterocycles. The molecule has 0 heterocycles. The van der Waals surface area contributed by atoms with Gasteiger partial charge in [0, 0.05) is 4.86 Å². The van der Waals surface area contributed by atoms with Crippen LogP contribution in [0.3, 0.4) is 0 Å². The molecule has 1 aliphatic carbocycles. The summed E-state index contributed by atoms with van der Waals surface area (Å²) in [5, 5.41) is 0. The molecule has 1 aromatic carbocycles. The third kappa shape index (κ3) is 2.75. The average molecular weight is 216 g/mol. The van der Waals surface area contributed by atoms with Crippen LogP contribution in [0.5, 0.6) is 0 Å². The summed E-state index contributed by atoms with van der Waals surface area (Å²) < 4.78 is 0. The lowest BCUT2D eigenvalue weighted by Crippen LogP contribution is -1.95. The van der Waals surface area contributed by atoms with E-state index in [1.165, 1.54) is 24.0 Å². The number of rotatable bonds is 4. The van der Waals surface area contributed by atoms with Crippen LogP contribution in [0.15, 0.2) is 42.0 Å². The van der Waals surface area contributed by atoms with Gasteiger partial charge in [-0.3, -0.25) is 0 Å². The van der Waals surface area contributed by atoms with Crippen LogP contribution in [0, 0.1) is 5.92 Å². The number of allylic oxidation sites excluding steroid dienone is 2. The molecule has 1 heteroatoms. The first-order chi connectivity index (χ1) is 7.31. The fraction of sp³-hybridized carbons (Fsp3) is 0.357. The summed E-state index contributed by atoms with van der Waals surface area (Å²) >= 11 is 5.43. The molecule has 1 saturated carbocycles. The lowest BCUT2D eigenvalue weighted by atomic mass is 10.0. The third-order valence-electron chi connectivity index (χ3n) is 2.88. The SMILES string of the molecule is CC/C(=C/C(=S)c1ccccc1)C1CC1. The lowest BCUT2D eigenvalue weighted by molar-refractivity contribution is 0.915. The van der Waals surface area contributed by atoms with Gasteiger partial charge in [-0.25, -0.2) is 0 Å². The molecule has 15 heavy (non-hydrogen) atoms. The van der Waals surface area contributed by atoms with Crippen LogP contribution in [-0.2, 0) is 0 Å². The van der Waals surface area contributed by atoms with E-state index in [0.717, 1.165) is 17.2 Å². The first kappa shape index (κ1) is 10.6. The fourth-order valence-corrected chi connectivity index (χ4v) is 2.10. The van der Waals surface area contributed by atoms with E-state index in [0.29, 0.717) is 0 Å².